The van der Waals surface area contributed by atoms with Crippen LogP contribution in [0.1, 0.15) is 87.0 Å². The second-order valence-electron chi connectivity index (χ2n) is 12.1. The molecule has 0 saturated heterocycles. The van der Waals surface area contributed by atoms with Gasteiger partial charge in [-0.1, -0.05) is 6.07 Å². The highest BCUT2D eigenvalue weighted by atomic mass is 19.1. The highest BCUT2D eigenvalue weighted by molar-refractivity contribution is 5.88. The standard InChI is InChI=1S/C31H36FN11O2/c1-18-13-25(41-40-18)37-28-24-16-35-43(23-5-4-6-23)29(24)39-27(38-28)20-9-11-31(45-3,12-10-20)30(44)36-19(2)21-7-8-26(33-14-21)42-17-22(32)15-34-42/h7-8,13-17,19-20,23H,4-6,9-12H2,1-3H3,(H,36,44)(H2,37,38,39,40,41)/t19-,20-,31+/m0/s1. The van der Waals surface area contributed by atoms with Gasteiger partial charge in [-0.05, 0) is 70.4 Å². The third-order valence-electron chi connectivity index (χ3n) is 9.21. The Morgan fingerprint density at radius 3 is 2.58 bits per heavy atom. The van der Waals surface area contributed by atoms with Crippen molar-refractivity contribution < 1.29 is 13.9 Å². The van der Waals surface area contributed by atoms with Gasteiger partial charge in [0.1, 0.15) is 17.2 Å². The van der Waals surface area contributed by atoms with Gasteiger partial charge >= 0.3 is 0 Å². The molecule has 0 radical (unpaired) electrons. The minimum Gasteiger partial charge on any atom is -0.368 e. The maximum absolute atomic E-state index is 13.7. The van der Waals surface area contributed by atoms with Crippen molar-refractivity contribution in [3.05, 3.63) is 65.9 Å². The second-order valence-corrected chi connectivity index (χ2v) is 12.1. The van der Waals surface area contributed by atoms with E-state index in [0.717, 1.165) is 47.2 Å². The lowest BCUT2D eigenvalue weighted by molar-refractivity contribution is -0.148. The molecule has 0 bridgehead atoms. The number of rotatable bonds is 9. The molecule has 5 aromatic heterocycles. The third kappa shape index (κ3) is 5.54. The van der Waals surface area contributed by atoms with E-state index in [4.69, 9.17) is 19.8 Å². The first-order valence-electron chi connectivity index (χ1n) is 15.4. The van der Waals surface area contributed by atoms with Crippen molar-refractivity contribution in [2.24, 2.45) is 0 Å². The average Bonchev–Trinajstić information content (AvgIpc) is 3.76. The van der Waals surface area contributed by atoms with Crippen LogP contribution < -0.4 is 10.6 Å². The quantitative estimate of drug-likeness (QED) is 0.209. The van der Waals surface area contributed by atoms with E-state index in [1.807, 2.05) is 36.9 Å². The van der Waals surface area contributed by atoms with Crippen molar-refractivity contribution >= 4 is 28.6 Å². The van der Waals surface area contributed by atoms with Gasteiger partial charge in [-0.3, -0.25) is 9.89 Å². The van der Waals surface area contributed by atoms with Crippen LogP contribution >= 0.6 is 0 Å². The number of H-pyrrole nitrogens is 1. The van der Waals surface area contributed by atoms with Crippen LogP contribution in [0.2, 0.25) is 0 Å². The van der Waals surface area contributed by atoms with E-state index in [1.54, 1.807) is 19.4 Å². The maximum atomic E-state index is 13.7. The van der Waals surface area contributed by atoms with E-state index < -0.39 is 11.4 Å². The molecule has 2 aliphatic rings. The minimum absolute atomic E-state index is 0.0537. The second kappa shape index (κ2) is 11.7. The van der Waals surface area contributed by atoms with Gasteiger partial charge in [0, 0.05) is 31.0 Å². The van der Waals surface area contributed by atoms with Crippen molar-refractivity contribution in [1.82, 2.24) is 50.0 Å². The first-order chi connectivity index (χ1) is 21.8. The molecule has 1 amide bonds. The number of nitrogens with one attached hydrogen (secondary N) is 3. The van der Waals surface area contributed by atoms with Gasteiger partial charge in [0.25, 0.3) is 5.91 Å². The Hall–Kier alpha value is -4.72. The number of hydrogen-bond donors (Lipinski definition) is 3. The number of nitrogens with zero attached hydrogens (tertiary/aromatic N) is 8. The number of fused-ring (bicyclic) bond motifs is 1. The van der Waals surface area contributed by atoms with Gasteiger partial charge in [-0.25, -0.2) is 28.7 Å². The van der Waals surface area contributed by atoms with Crippen LogP contribution in [-0.2, 0) is 9.53 Å². The van der Waals surface area contributed by atoms with Crippen LogP contribution in [0.15, 0.2) is 43.0 Å². The Kier molecular flexibility index (Phi) is 7.51. The van der Waals surface area contributed by atoms with Crippen molar-refractivity contribution in [2.45, 2.75) is 82.4 Å². The van der Waals surface area contributed by atoms with Gasteiger partial charge in [-0.15, -0.1) is 0 Å². The van der Waals surface area contributed by atoms with Crippen LogP contribution in [0, 0.1) is 12.7 Å². The predicted octanol–water partition coefficient (Wildman–Crippen LogP) is 4.97. The average molecular weight is 614 g/mol. The summed E-state index contributed by atoms with van der Waals surface area (Å²) < 4.78 is 22.7. The van der Waals surface area contributed by atoms with Crippen molar-refractivity contribution in [1.29, 1.82) is 0 Å². The van der Waals surface area contributed by atoms with E-state index in [1.165, 1.54) is 17.3 Å². The summed E-state index contributed by atoms with van der Waals surface area (Å²) in [5, 5.41) is 23.3. The molecule has 45 heavy (non-hydrogen) atoms. The molecule has 2 fully saturated rings. The number of pyridine rings is 1. The number of anilines is 2. The van der Waals surface area contributed by atoms with Crippen molar-refractivity contribution in [2.75, 3.05) is 12.4 Å². The molecule has 14 heteroatoms. The summed E-state index contributed by atoms with van der Waals surface area (Å²) in [5.41, 5.74) is 1.63. The molecule has 3 N–H and O–H groups in total. The summed E-state index contributed by atoms with van der Waals surface area (Å²) in [6.07, 6.45) is 11.7. The number of hydrogen-bond acceptors (Lipinski definition) is 9. The lowest BCUT2D eigenvalue weighted by atomic mass is 9.77. The number of aryl methyl sites for hydroxylation is 1. The van der Waals surface area contributed by atoms with Gasteiger partial charge in [0.2, 0.25) is 0 Å². The molecule has 0 aromatic carbocycles. The van der Waals surface area contributed by atoms with E-state index in [9.17, 15) is 9.18 Å². The first-order valence-corrected chi connectivity index (χ1v) is 15.4. The maximum Gasteiger partial charge on any atom is 0.252 e. The fraction of sp³-hybridized carbons (Fsp3) is 0.452. The van der Waals surface area contributed by atoms with E-state index in [-0.39, 0.29) is 17.9 Å². The fourth-order valence-corrected chi connectivity index (χ4v) is 6.22. The monoisotopic (exact) mass is 613 g/mol. The lowest BCUT2D eigenvalue weighted by Gasteiger charge is -2.38. The number of aromatic nitrogens is 9. The summed E-state index contributed by atoms with van der Waals surface area (Å²) in [6.45, 7) is 3.86. The van der Waals surface area contributed by atoms with Crippen LogP contribution in [0.5, 0.6) is 0 Å². The largest absolute Gasteiger partial charge is 0.368 e. The topological polar surface area (TPSA) is 153 Å². The molecule has 2 aliphatic carbocycles. The van der Waals surface area contributed by atoms with Crippen LogP contribution in [0.25, 0.3) is 16.9 Å². The Morgan fingerprint density at radius 2 is 1.96 bits per heavy atom. The molecule has 234 valence electrons. The number of carbonyl (C=O) groups is 1. The number of ether oxygens (including phenoxy) is 1. The highest BCUT2D eigenvalue weighted by Crippen LogP contribution is 2.41. The van der Waals surface area contributed by atoms with Crippen molar-refractivity contribution in [3.8, 4) is 5.82 Å². The van der Waals surface area contributed by atoms with E-state index in [2.05, 4.69) is 30.9 Å². The Morgan fingerprint density at radius 1 is 1.13 bits per heavy atom. The fourth-order valence-electron chi connectivity index (χ4n) is 6.22. The molecule has 0 unspecified atom stereocenters. The summed E-state index contributed by atoms with van der Waals surface area (Å²) in [4.78, 5) is 28.1. The Bertz CT molecular complexity index is 1820. The van der Waals surface area contributed by atoms with Gasteiger partial charge in [0.05, 0.1) is 36.1 Å². The van der Waals surface area contributed by atoms with Gasteiger partial charge < -0.3 is 15.4 Å². The smallest absolute Gasteiger partial charge is 0.252 e. The third-order valence-corrected chi connectivity index (χ3v) is 9.21. The first kappa shape index (κ1) is 29.0. The molecule has 2 saturated carbocycles. The summed E-state index contributed by atoms with van der Waals surface area (Å²) in [7, 11) is 1.59. The highest BCUT2D eigenvalue weighted by Gasteiger charge is 2.43. The van der Waals surface area contributed by atoms with Gasteiger partial charge in [-0.2, -0.15) is 15.3 Å². The normalized spacial score (nSPS) is 21.0. The lowest BCUT2D eigenvalue weighted by Crippen LogP contribution is -2.50. The minimum atomic E-state index is -0.962. The van der Waals surface area contributed by atoms with Crippen LogP contribution in [0.3, 0.4) is 0 Å². The molecular formula is C31H36FN11O2. The molecular weight excluding hydrogens is 577 g/mol. The van der Waals surface area contributed by atoms with Crippen LogP contribution in [0.4, 0.5) is 16.0 Å². The van der Waals surface area contributed by atoms with Crippen molar-refractivity contribution in [3.63, 3.8) is 0 Å². The molecule has 0 aliphatic heterocycles. The summed E-state index contributed by atoms with van der Waals surface area (Å²) in [5.74, 6) is 2.04. The zero-order valence-corrected chi connectivity index (χ0v) is 25.5. The molecule has 5 heterocycles. The number of methoxy groups -OCH3 is 1. The number of amides is 1. The molecule has 0 spiro atoms. The summed E-state index contributed by atoms with van der Waals surface area (Å²) in [6, 6.07) is 5.56. The molecule has 7 rings (SSSR count). The Labute approximate surface area is 259 Å². The number of carbonyl (C=O) groups excluding carboxylic acids is 1. The van der Waals surface area contributed by atoms with Gasteiger partial charge in [0.15, 0.2) is 23.1 Å². The molecule has 13 nitrogen and oxygen atoms in total. The SMILES string of the molecule is CO[C@]1(C(=O)N[C@@H](C)c2ccc(-n3cc(F)cn3)nc2)CC[C@H](c2nc(Nc3cc(C)[nH]n3)c3cnn(C4CCC4)c3n2)CC1. The van der Waals surface area contributed by atoms with E-state index in [0.29, 0.717) is 49.2 Å². The Balaban J connectivity index is 1.07. The predicted molar refractivity (Wildman–Crippen MR) is 164 cm³/mol. The zero-order chi connectivity index (χ0) is 31.1. The number of aromatic amines is 1. The summed E-state index contributed by atoms with van der Waals surface area (Å²) >= 11 is 0. The zero-order valence-electron chi connectivity index (χ0n) is 25.5. The van der Waals surface area contributed by atoms with E-state index >= 15 is 0 Å². The molecule has 5 aromatic rings. The van der Waals surface area contributed by atoms with Crippen LogP contribution in [-0.4, -0.2) is 63.3 Å². The number of halogens is 1. The molecule has 1 atom stereocenters.